The highest BCUT2D eigenvalue weighted by molar-refractivity contribution is 6.06. The first kappa shape index (κ1) is 23.8. The van der Waals surface area contributed by atoms with Crippen LogP contribution in [0.1, 0.15) is 65.7 Å². The van der Waals surface area contributed by atoms with E-state index in [4.69, 9.17) is 5.10 Å². The standard InChI is InChI=1S/C26H21F3N8O/c27-26(28,29)20-8-6-15(11-31-20)12-32-25-34-22(18-13-37(36-23(18)35-25)16-3-1-2-4-16)21-17-9-14(10-30)5-7-19(17)33-24(21)38/h5-9,11,13,16,21H,1-4,12H2,(H,33,38)(H,32,35,36). The van der Waals surface area contributed by atoms with E-state index in [0.717, 1.165) is 37.9 Å². The van der Waals surface area contributed by atoms with Crippen molar-refractivity contribution >= 4 is 28.6 Å². The molecule has 192 valence electrons. The number of aromatic nitrogens is 5. The van der Waals surface area contributed by atoms with Gasteiger partial charge in [0, 0.05) is 24.6 Å². The lowest BCUT2D eigenvalue weighted by Crippen LogP contribution is -2.16. The van der Waals surface area contributed by atoms with Gasteiger partial charge >= 0.3 is 6.18 Å². The Morgan fingerprint density at radius 2 is 1.97 bits per heavy atom. The van der Waals surface area contributed by atoms with Crippen LogP contribution in [-0.4, -0.2) is 30.6 Å². The van der Waals surface area contributed by atoms with Crippen molar-refractivity contribution in [1.29, 1.82) is 5.26 Å². The summed E-state index contributed by atoms with van der Waals surface area (Å²) in [5, 5.41) is 20.6. The number of pyridine rings is 1. The Bertz CT molecular complexity index is 1580. The molecule has 0 saturated heterocycles. The maximum atomic E-state index is 13.1. The van der Waals surface area contributed by atoms with Crippen LogP contribution < -0.4 is 10.6 Å². The number of rotatable bonds is 5. The summed E-state index contributed by atoms with van der Waals surface area (Å²) in [5.74, 6) is -0.873. The Hall–Kier alpha value is -4.53. The van der Waals surface area contributed by atoms with E-state index < -0.39 is 17.8 Å². The highest BCUT2D eigenvalue weighted by Crippen LogP contribution is 2.40. The summed E-state index contributed by atoms with van der Waals surface area (Å²) in [6.07, 6.45) is 2.74. The summed E-state index contributed by atoms with van der Waals surface area (Å²) < 4.78 is 40.4. The normalized spacial score (nSPS) is 17.4. The topological polar surface area (TPSA) is 121 Å². The van der Waals surface area contributed by atoms with Crippen LogP contribution in [0.3, 0.4) is 0 Å². The number of carbonyl (C=O) groups excluding carboxylic acids is 1. The van der Waals surface area contributed by atoms with E-state index in [-0.39, 0.29) is 24.4 Å². The van der Waals surface area contributed by atoms with Crippen molar-refractivity contribution in [3.8, 4) is 6.07 Å². The Balaban J connectivity index is 1.39. The first-order chi connectivity index (χ1) is 18.3. The van der Waals surface area contributed by atoms with Crippen LogP contribution in [0.2, 0.25) is 0 Å². The second-order valence-electron chi connectivity index (χ2n) is 9.46. The third-order valence-electron chi connectivity index (χ3n) is 6.98. The van der Waals surface area contributed by atoms with Crippen LogP contribution in [0.25, 0.3) is 11.0 Å². The molecule has 9 nitrogen and oxygen atoms in total. The first-order valence-electron chi connectivity index (χ1n) is 12.2. The molecule has 1 fully saturated rings. The zero-order valence-corrected chi connectivity index (χ0v) is 20.0. The van der Waals surface area contributed by atoms with Crippen molar-refractivity contribution in [2.75, 3.05) is 10.6 Å². The number of nitriles is 1. The van der Waals surface area contributed by atoms with Gasteiger partial charge in [-0.15, -0.1) is 0 Å². The van der Waals surface area contributed by atoms with E-state index >= 15 is 0 Å². The van der Waals surface area contributed by atoms with Gasteiger partial charge in [-0.1, -0.05) is 18.9 Å². The fourth-order valence-corrected chi connectivity index (χ4v) is 5.08. The highest BCUT2D eigenvalue weighted by atomic mass is 19.4. The molecular weight excluding hydrogens is 497 g/mol. The van der Waals surface area contributed by atoms with Gasteiger partial charge in [-0.3, -0.25) is 14.5 Å². The van der Waals surface area contributed by atoms with Gasteiger partial charge in [0.25, 0.3) is 0 Å². The molecule has 4 heterocycles. The van der Waals surface area contributed by atoms with Gasteiger partial charge < -0.3 is 10.6 Å². The second-order valence-corrected chi connectivity index (χ2v) is 9.46. The van der Waals surface area contributed by atoms with Crippen molar-refractivity contribution in [1.82, 2.24) is 24.7 Å². The summed E-state index contributed by atoms with van der Waals surface area (Å²) in [5.41, 5.74) is 2.06. The molecule has 3 aromatic heterocycles. The molecule has 1 unspecified atom stereocenters. The minimum Gasteiger partial charge on any atom is -0.350 e. The molecule has 6 rings (SSSR count). The van der Waals surface area contributed by atoms with Crippen molar-refractivity contribution in [3.05, 3.63) is 70.8 Å². The number of nitrogens with zero attached hydrogens (tertiary/aromatic N) is 6. The van der Waals surface area contributed by atoms with Crippen LogP contribution in [0.5, 0.6) is 0 Å². The monoisotopic (exact) mass is 518 g/mol. The predicted molar refractivity (Wildman–Crippen MR) is 131 cm³/mol. The van der Waals surface area contributed by atoms with Crippen molar-refractivity contribution < 1.29 is 18.0 Å². The van der Waals surface area contributed by atoms with Crippen LogP contribution in [0.15, 0.2) is 42.7 Å². The van der Waals surface area contributed by atoms with Gasteiger partial charge in [-0.05, 0) is 48.2 Å². The molecule has 1 saturated carbocycles. The third kappa shape index (κ3) is 4.30. The highest BCUT2D eigenvalue weighted by Gasteiger charge is 2.36. The zero-order valence-electron chi connectivity index (χ0n) is 20.0. The Kier molecular flexibility index (Phi) is 5.71. The Morgan fingerprint density at radius 3 is 2.68 bits per heavy atom. The molecule has 1 aliphatic carbocycles. The van der Waals surface area contributed by atoms with E-state index in [1.807, 2.05) is 10.9 Å². The van der Waals surface area contributed by atoms with E-state index in [0.29, 0.717) is 39.1 Å². The van der Waals surface area contributed by atoms with Gasteiger partial charge in [0.05, 0.1) is 28.8 Å². The number of anilines is 2. The van der Waals surface area contributed by atoms with E-state index in [1.54, 1.807) is 18.2 Å². The Labute approximate surface area is 214 Å². The average Bonchev–Trinajstić information content (AvgIpc) is 3.64. The van der Waals surface area contributed by atoms with E-state index in [9.17, 15) is 23.2 Å². The predicted octanol–water partition coefficient (Wildman–Crippen LogP) is 4.92. The molecule has 38 heavy (non-hydrogen) atoms. The Morgan fingerprint density at radius 1 is 1.16 bits per heavy atom. The van der Waals surface area contributed by atoms with E-state index in [1.165, 1.54) is 6.07 Å². The summed E-state index contributed by atoms with van der Waals surface area (Å²) in [6, 6.07) is 9.61. The lowest BCUT2D eigenvalue weighted by Gasteiger charge is -2.12. The van der Waals surface area contributed by atoms with Gasteiger partial charge in [0.2, 0.25) is 11.9 Å². The first-order valence-corrected chi connectivity index (χ1v) is 12.2. The number of amides is 1. The quantitative estimate of drug-likeness (QED) is 0.385. The molecule has 0 bridgehead atoms. The minimum absolute atomic E-state index is 0.117. The number of hydrogen-bond donors (Lipinski definition) is 2. The number of halogens is 3. The van der Waals surface area contributed by atoms with Crippen molar-refractivity contribution in [3.63, 3.8) is 0 Å². The largest absolute Gasteiger partial charge is 0.433 e. The lowest BCUT2D eigenvalue weighted by atomic mass is 9.94. The minimum atomic E-state index is -4.52. The number of benzene rings is 1. The number of carbonyl (C=O) groups is 1. The molecule has 1 aliphatic heterocycles. The van der Waals surface area contributed by atoms with Crippen LogP contribution >= 0.6 is 0 Å². The van der Waals surface area contributed by atoms with Crippen LogP contribution in [0, 0.1) is 11.3 Å². The molecular formula is C26H21F3N8O. The molecule has 0 radical (unpaired) electrons. The van der Waals surface area contributed by atoms with Crippen LogP contribution in [-0.2, 0) is 17.5 Å². The summed E-state index contributed by atoms with van der Waals surface area (Å²) in [6.45, 7) is 0.117. The summed E-state index contributed by atoms with van der Waals surface area (Å²) in [4.78, 5) is 25.9. The fourth-order valence-electron chi connectivity index (χ4n) is 5.08. The van der Waals surface area contributed by atoms with Crippen molar-refractivity contribution in [2.24, 2.45) is 0 Å². The molecule has 2 N–H and O–H groups in total. The smallest absolute Gasteiger partial charge is 0.350 e. The number of alkyl halides is 3. The molecule has 1 amide bonds. The molecule has 1 aromatic carbocycles. The maximum absolute atomic E-state index is 13.1. The molecule has 12 heteroatoms. The number of hydrogen-bond acceptors (Lipinski definition) is 7. The van der Waals surface area contributed by atoms with Gasteiger partial charge in [-0.25, -0.2) is 4.98 Å². The van der Waals surface area contributed by atoms with Crippen LogP contribution in [0.4, 0.5) is 24.8 Å². The molecule has 4 aromatic rings. The van der Waals surface area contributed by atoms with Gasteiger partial charge in [0.15, 0.2) is 5.65 Å². The van der Waals surface area contributed by atoms with Gasteiger partial charge in [-0.2, -0.15) is 28.5 Å². The molecule has 0 spiro atoms. The average molecular weight is 519 g/mol. The van der Waals surface area contributed by atoms with Gasteiger partial charge in [0.1, 0.15) is 11.6 Å². The fraction of sp³-hybridized carbons (Fsp3) is 0.308. The van der Waals surface area contributed by atoms with Crippen molar-refractivity contribution in [2.45, 2.75) is 50.4 Å². The molecule has 2 aliphatic rings. The second kappa shape index (κ2) is 9.09. The molecule has 1 atom stereocenters. The summed E-state index contributed by atoms with van der Waals surface area (Å²) >= 11 is 0. The number of nitrogens with one attached hydrogen (secondary N) is 2. The van der Waals surface area contributed by atoms with E-state index in [2.05, 4.69) is 31.7 Å². The third-order valence-corrected chi connectivity index (χ3v) is 6.98. The zero-order chi connectivity index (χ0) is 26.4. The summed E-state index contributed by atoms with van der Waals surface area (Å²) in [7, 11) is 0. The number of fused-ring (bicyclic) bond motifs is 2. The SMILES string of the molecule is N#Cc1ccc2c(c1)C(c1nc(NCc3ccc(C(F)(F)F)nc3)nc3nn(C4CCCC4)cc13)C(=O)N2. The lowest BCUT2D eigenvalue weighted by molar-refractivity contribution is -0.141. The maximum Gasteiger partial charge on any atom is 0.433 e.